The lowest BCUT2D eigenvalue weighted by Crippen LogP contribution is -2.47. The first-order chi connectivity index (χ1) is 19.9. The summed E-state index contributed by atoms with van der Waals surface area (Å²) in [6, 6.07) is 2.25. The molecule has 0 aliphatic heterocycles. The Balaban J connectivity index is 2.57. The molecular formula is C31H23N2O6PS. The Morgan fingerprint density at radius 2 is 1.27 bits per heavy atom. The highest BCUT2D eigenvalue weighted by molar-refractivity contribution is 7.80. The molecule has 0 aromatic carbocycles. The summed E-state index contributed by atoms with van der Waals surface area (Å²) in [5, 5.41) is 5.98. The van der Waals surface area contributed by atoms with Gasteiger partial charge in [-0.15, -0.1) is 0 Å². The van der Waals surface area contributed by atoms with Crippen LogP contribution in [0.3, 0.4) is 0 Å². The van der Waals surface area contributed by atoms with E-state index in [9.17, 15) is 9.46 Å². The highest BCUT2D eigenvalue weighted by Crippen LogP contribution is 2.48. The molecule has 0 aromatic heterocycles. The summed E-state index contributed by atoms with van der Waals surface area (Å²) < 4.78 is 32.6. The van der Waals surface area contributed by atoms with Crippen molar-refractivity contribution in [1.82, 2.24) is 10.6 Å². The fourth-order valence-corrected chi connectivity index (χ4v) is 4.03. The van der Waals surface area contributed by atoms with Crippen LogP contribution in [0.1, 0.15) is 13.3 Å². The first kappa shape index (κ1) is 34.3. The molecule has 0 amide bonds. The number of phosphoric acid groups is 1. The standard InChI is InChI=1S/C31H23N2O6PS/c1-5-6-7-8-9-10-11-12-13-14-15-16-17-18-19-20-21-22-23-24-32-31(41)33-28-25-27(26-36-2)29(30(28)37-3)39-40(34,35)38-4/h27-30H,25-26H2,1-4H3,(H,34,35)(H2,32,33,41)/t27-,28-,29+,30?/m1/s1. The first-order valence-electron chi connectivity index (χ1n) is 11.5. The Labute approximate surface area is 247 Å². The van der Waals surface area contributed by atoms with Crippen LogP contribution in [0.4, 0.5) is 0 Å². The van der Waals surface area contributed by atoms with Crippen LogP contribution in [0.25, 0.3) is 0 Å². The number of nitrogens with one attached hydrogen (secondary N) is 2. The van der Waals surface area contributed by atoms with Gasteiger partial charge in [0.15, 0.2) is 5.11 Å². The number of methoxy groups -OCH3 is 2. The van der Waals surface area contributed by atoms with Gasteiger partial charge in [0.1, 0.15) is 12.2 Å². The summed E-state index contributed by atoms with van der Waals surface area (Å²) in [7, 11) is -0.157. The van der Waals surface area contributed by atoms with Gasteiger partial charge in [-0.05, 0) is 72.9 Å². The minimum atomic E-state index is -4.24. The van der Waals surface area contributed by atoms with E-state index in [1.165, 1.54) is 14.2 Å². The second-order valence-corrected chi connectivity index (χ2v) is 9.12. The van der Waals surface area contributed by atoms with Crippen molar-refractivity contribution in [3.05, 3.63) is 0 Å². The lowest BCUT2D eigenvalue weighted by molar-refractivity contribution is -0.0282. The molecule has 10 heteroatoms. The molecule has 0 radical (unpaired) electrons. The molecule has 0 spiro atoms. The molecule has 204 valence electrons. The van der Waals surface area contributed by atoms with Gasteiger partial charge in [0, 0.05) is 92.5 Å². The van der Waals surface area contributed by atoms with Crippen LogP contribution in [0.2, 0.25) is 0 Å². The Bertz CT molecular complexity index is 1650. The minimum Gasteiger partial charge on any atom is -0.384 e. The smallest absolute Gasteiger partial charge is 0.384 e. The quantitative estimate of drug-likeness (QED) is 0.173. The van der Waals surface area contributed by atoms with Crippen molar-refractivity contribution in [2.24, 2.45) is 5.92 Å². The normalized spacial score (nSPS) is 18.2. The zero-order valence-electron chi connectivity index (χ0n) is 22.6. The molecule has 1 aliphatic carbocycles. The van der Waals surface area contributed by atoms with Crippen molar-refractivity contribution >= 4 is 25.2 Å². The van der Waals surface area contributed by atoms with Gasteiger partial charge in [0.2, 0.25) is 0 Å². The second kappa shape index (κ2) is 21.2. The van der Waals surface area contributed by atoms with E-state index in [1.807, 2.05) is 0 Å². The molecule has 3 N–H and O–H groups in total. The molecule has 1 fully saturated rings. The van der Waals surface area contributed by atoms with Gasteiger partial charge < -0.3 is 19.7 Å². The molecule has 1 rings (SSSR count). The van der Waals surface area contributed by atoms with Crippen molar-refractivity contribution in [3.8, 4) is 119 Å². The van der Waals surface area contributed by atoms with Crippen LogP contribution in [0, 0.1) is 124 Å². The molecule has 1 saturated carbocycles. The zero-order valence-corrected chi connectivity index (χ0v) is 24.3. The Morgan fingerprint density at radius 3 is 1.68 bits per heavy atom. The summed E-state index contributed by atoms with van der Waals surface area (Å²) in [5.41, 5.74) is 0. The average Bonchev–Trinajstić information content (AvgIpc) is 3.26. The highest BCUT2D eigenvalue weighted by atomic mass is 32.1. The van der Waals surface area contributed by atoms with Crippen molar-refractivity contribution in [1.29, 1.82) is 0 Å². The van der Waals surface area contributed by atoms with Crippen molar-refractivity contribution in [2.45, 2.75) is 31.6 Å². The summed E-state index contributed by atoms with van der Waals surface area (Å²) in [6.45, 7) is 1.97. The van der Waals surface area contributed by atoms with E-state index in [1.54, 1.807) is 6.92 Å². The lowest BCUT2D eigenvalue weighted by Gasteiger charge is -2.27. The monoisotopic (exact) mass is 582 g/mol. The number of phosphoric ester groups is 1. The summed E-state index contributed by atoms with van der Waals surface area (Å²) >= 11 is 5.27. The van der Waals surface area contributed by atoms with Crippen LogP contribution in [0.5, 0.6) is 0 Å². The van der Waals surface area contributed by atoms with Gasteiger partial charge in [-0.2, -0.15) is 0 Å². The average molecular weight is 583 g/mol. The van der Waals surface area contributed by atoms with Crippen molar-refractivity contribution in [3.63, 3.8) is 0 Å². The number of ether oxygens (including phenoxy) is 2. The SMILES string of the molecule is CC#CC#CC#CC#CC#CC#CC#CC#CC#CC#CNC(=S)N[C@@H]1C[C@H](COC)[C@H](OP(=O)(O)OC)C1OC. The molecule has 0 saturated heterocycles. The van der Waals surface area contributed by atoms with Gasteiger partial charge in [0.05, 0.1) is 12.6 Å². The summed E-state index contributed by atoms with van der Waals surface area (Å²) in [6.07, 6.45) is -0.860. The fourth-order valence-electron chi connectivity index (χ4n) is 3.14. The summed E-state index contributed by atoms with van der Waals surface area (Å²) in [5.74, 6) is 47.7. The van der Waals surface area contributed by atoms with E-state index in [2.05, 4.69) is 134 Å². The Morgan fingerprint density at radius 1 is 0.805 bits per heavy atom. The van der Waals surface area contributed by atoms with E-state index < -0.39 is 20.0 Å². The van der Waals surface area contributed by atoms with Gasteiger partial charge in [0.25, 0.3) is 0 Å². The number of hydrogen-bond donors (Lipinski definition) is 3. The van der Waals surface area contributed by atoms with E-state index >= 15 is 0 Å². The third-order valence-corrected chi connectivity index (χ3v) is 5.81. The highest BCUT2D eigenvalue weighted by Gasteiger charge is 2.47. The van der Waals surface area contributed by atoms with E-state index in [-0.39, 0.29) is 23.7 Å². The predicted molar refractivity (Wildman–Crippen MR) is 159 cm³/mol. The van der Waals surface area contributed by atoms with E-state index in [0.29, 0.717) is 6.42 Å². The van der Waals surface area contributed by atoms with Gasteiger partial charge in [-0.25, -0.2) is 4.57 Å². The zero-order chi connectivity index (χ0) is 30.2. The molecule has 1 aliphatic rings. The van der Waals surface area contributed by atoms with Gasteiger partial charge >= 0.3 is 7.82 Å². The van der Waals surface area contributed by atoms with Crippen LogP contribution in [-0.4, -0.2) is 56.2 Å². The summed E-state index contributed by atoms with van der Waals surface area (Å²) in [4.78, 5) is 9.77. The van der Waals surface area contributed by atoms with E-state index in [4.69, 9.17) is 26.2 Å². The third kappa shape index (κ3) is 15.5. The molecule has 8 nitrogen and oxygen atoms in total. The molecule has 5 atom stereocenters. The maximum absolute atomic E-state index is 12.0. The van der Waals surface area contributed by atoms with Crippen LogP contribution in [0.15, 0.2) is 0 Å². The topological polar surface area (TPSA) is 98.3 Å². The third-order valence-electron chi connectivity index (χ3n) is 4.62. The number of hydrogen-bond acceptors (Lipinski definition) is 6. The number of thiocarbonyl (C=S) groups is 1. The van der Waals surface area contributed by atoms with Gasteiger partial charge in [-0.3, -0.25) is 14.4 Å². The fraction of sp³-hybridized carbons (Fsp3) is 0.323. The van der Waals surface area contributed by atoms with Crippen molar-refractivity contribution in [2.75, 3.05) is 27.9 Å². The number of rotatable bonds is 7. The maximum Gasteiger partial charge on any atom is 0.472 e. The van der Waals surface area contributed by atoms with Crippen LogP contribution in [-0.2, 0) is 23.1 Å². The minimum absolute atomic E-state index is 0.215. The Kier molecular flexibility index (Phi) is 17.7. The van der Waals surface area contributed by atoms with Gasteiger partial charge in [-0.1, -0.05) is 5.92 Å². The largest absolute Gasteiger partial charge is 0.472 e. The van der Waals surface area contributed by atoms with Crippen molar-refractivity contribution < 1.29 is 28.0 Å². The maximum atomic E-state index is 12.0. The molecule has 0 heterocycles. The van der Waals surface area contributed by atoms with E-state index in [0.717, 1.165) is 7.11 Å². The molecule has 2 unspecified atom stereocenters. The predicted octanol–water partition coefficient (Wildman–Crippen LogP) is 0.644. The molecule has 0 bridgehead atoms. The molecule has 0 aromatic rings. The van der Waals surface area contributed by atoms with Crippen LogP contribution >= 0.6 is 20.0 Å². The second-order valence-electron chi connectivity index (χ2n) is 7.20. The first-order valence-corrected chi connectivity index (χ1v) is 13.4. The van der Waals surface area contributed by atoms with Crippen LogP contribution < -0.4 is 10.6 Å². The molecular weight excluding hydrogens is 559 g/mol. The molecule has 41 heavy (non-hydrogen) atoms. The lowest BCUT2D eigenvalue weighted by atomic mass is 10.1. The Hall–Kier alpha value is -4.68.